The molecule has 2 amide bonds. The zero-order valence-electron chi connectivity index (χ0n) is 17.0. The van der Waals surface area contributed by atoms with Crippen LogP contribution in [-0.2, 0) is 14.3 Å². The molecule has 3 N–H and O–H groups in total. The summed E-state index contributed by atoms with van der Waals surface area (Å²) in [6, 6.07) is 16.5. The average molecular weight is 452 g/mol. The first-order valence-corrected chi connectivity index (χ1v) is 10.9. The van der Waals surface area contributed by atoms with Crippen molar-refractivity contribution >= 4 is 35.3 Å². The lowest BCUT2D eigenvalue weighted by molar-refractivity contribution is -0.137. The van der Waals surface area contributed by atoms with E-state index in [1.54, 1.807) is 11.4 Å². The third-order valence-corrected chi connectivity index (χ3v) is 5.85. The second-order valence-electron chi connectivity index (χ2n) is 7.33. The molecule has 1 heterocycles. The molecule has 0 spiro atoms. The Labute approximate surface area is 188 Å². The first kappa shape index (κ1) is 21.5. The van der Waals surface area contributed by atoms with Crippen molar-refractivity contribution in [1.29, 1.82) is 0 Å². The fourth-order valence-electron chi connectivity index (χ4n) is 3.81. The molecule has 4 rings (SSSR count). The highest BCUT2D eigenvalue weighted by Crippen LogP contribution is 2.44. The molecule has 32 heavy (non-hydrogen) atoms. The maximum Gasteiger partial charge on any atom is 0.407 e. The van der Waals surface area contributed by atoms with Gasteiger partial charge in [-0.2, -0.15) is 4.37 Å². The lowest BCUT2D eigenvalue weighted by Crippen LogP contribution is -2.44. The number of aromatic nitrogens is 1. The first-order valence-electron chi connectivity index (χ1n) is 10.1. The minimum atomic E-state index is -1.07. The molecule has 1 aliphatic carbocycles. The van der Waals surface area contributed by atoms with Crippen molar-refractivity contribution in [2.45, 2.75) is 24.8 Å². The summed E-state index contributed by atoms with van der Waals surface area (Å²) in [6.45, 7) is 0.0964. The Hall–Kier alpha value is -3.72. The van der Waals surface area contributed by atoms with Crippen LogP contribution in [0.4, 0.5) is 10.6 Å². The predicted octanol–water partition coefficient (Wildman–Crippen LogP) is 3.85. The molecule has 0 saturated carbocycles. The van der Waals surface area contributed by atoms with Crippen LogP contribution in [0.15, 0.2) is 60.0 Å². The number of nitrogens with one attached hydrogen (secondary N) is 2. The van der Waals surface area contributed by atoms with Crippen molar-refractivity contribution in [3.8, 4) is 11.1 Å². The number of nitrogens with zero attached hydrogens (tertiary/aromatic N) is 1. The van der Waals surface area contributed by atoms with Crippen molar-refractivity contribution in [2.24, 2.45) is 0 Å². The number of carbonyl (C=O) groups excluding carboxylic acids is 2. The highest BCUT2D eigenvalue weighted by molar-refractivity contribution is 7.03. The number of hydrogen-bond donors (Lipinski definition) is 3. The Morgan fingerprint density at radius 2 is 1.69 bits per heavy atom. The average Bonchev–Trinajstić information content (AvgIpc) is 3.41. The van der Waals surface area contributed by atoms with E-state index >= 15 is 0 Å². The molecule has 1 unspecified atom stereocenters. The van der Waals surface area contributed by atoms with Crippen LogP contribution < -0.4 is 10.6 Å². The maximum absolute atomic E-state index is 12.5. The Morgan fingerprint density at radius 1 is 1.03 bits per heavy atom. The summed E-state index contributed by atoms with van der Waals surface area (Å²) in [6.07, 6.45) is -1.13. The molecule has 1 aliphatic rings. The third kappa shape index (κ3) is 4.78. The van der Waals surface area contributed by atoms with Crippen LogP contribution in [0.1, 0.15) is 29.9 Å². The van der Waals surface area contributed by atoms with E-state index in [1.165, 1.54) is 11.5 Å². The van der Waals surface area contributed by atoms with Crippen LogP contribution in [0.25, 0.3) is 11.1 Å². The lowest BCUT2D eigenvalue weighted by Gasteiger charge is -2.19. The molecule has 9 heteroatoms. The van der Waals surface area contributed by atoms with E-state index in [2.05, 4.69) is 15.0 Å². The number of benzene rings is 2. The normalized spacial score (nSPS) is 13.0. The predicted molar refractivity (Wildman–Crippen MR) is 120 cm³/mol. The van der Waals surface area contributed by atoms with Gasteiger partial charge in [-0.1, -0.05) is 48.5 Å². The van der Waals surface area contributed by atoms with Crippen LogP contribution in [0.2, 0.25) is 0 Å². The molecule has 0 radical (unpaired) electrons. The van der Waals surface area contributed by atoms with Gasteiger partial charge in [0.25, 0.3) is 0 Å². The number of carboxylic acid groups (broad SMARTS) is 1. The lowest BCUT2D eigenvalue weighted by atomic mass is 9.98. The second kappa shape index (κ2) is 9.61. The number of alkyl carbamates (subject to hydrolysis) is 1. The van der Waals surface area contributed by atoms with Crippen molar-refractivity contribution in [1.82, 2.24) is 9.69 Å². The number of fused-ring (bicyclic) bond motifs is 3. The number of hydrogen-bond acceptors (Lipinski definition) is 6. The molecule has 0 fully saturated rings. The molecular formula is C23H21N3O5S. The van der Waals surface area contributed by atoms with Gasteiger partial charge in [0.1, 0.15) is 18.5 Å². The summed E-state index contributed by atoms with van der Waals surface area (Å²) in [5, 5.41) is 15.7. The highest BCUT2D eigenvalue weighted by atomic mass is 32.1. The quantitative estimate of drug-likeness (QED) is 0.479. The zero-order chi connectivity index (χ0) is 22.5. The maximum atomic E-state index is 12.5. The number of carboxylic acids is 1. The number of carbonyl (C=O) groups is 3. The minimum Gasteiger partial charge on any atom is -0.481 e. The molecule has 2 aromatic carbocycles. The SMILES string of the molecule is O=C(O)CCC(NC(=O)OCC1c2ccccc2-c2ccccc21)C(=O)Nc1ccsn1. The van der Waals surface area contributed by atoms with Crippen molar-refractivity contribution < 1.29 is 24.2 Å². The molecule has 0 bridgehead atoms. The molecule has 8 nitrogen and oxygen atoms in total. The molecule has 1 aromatic heterocycles. The Kier molecular flexibility index (Phi) is 6.46. The standard InChI is InChI=1S/C23H21N3O5S/c27-21(28)10-9-19(22(29)25-20-11-12-32-26-20)24-23(30)31-13-18-16-7-3-1-5-14(16)15-6-2-4-8-17(15)18/h1-8,11-12,18-19H,9-10,13H2,(H,24,30)(H,27,28)(H,25,26,29). The molecule has 0 aliphatic heterocycles. The Morgan fingerprint density at radius 3 is 2.28 bits per heavy atom. The van der Waals surface area contributed by atoms with Gasteiger partial charge >= 0.3 is 12.1 Å². The van der Waals surface area contributed by atoms with E-state index in [9.17, 15) is 14.4 Å². The van der Waals surface area contributed by atoms with Gasteiger partial charge in [-0.05, 0) is 46.3 Å². The largest absolute Gasteiger partial charge is 0.481 e. The van der Waals surface area contributed by atoms with Crippen LogP contribution in [-0.4, -0.2) is 40.1 Å². The number of anilines is 1. The highest BCUT2D eigenvalue weighted by Gasteiger charge is 2.30. The van der Waals surface area contributed by atoms with E-state index in [0.717, 1.165) is 22.3 Å². The fourth-order valence-corrected chi connectivity index (χ4v) is 4.28. The monoisotopic (exact) mass is 451 g/mol. The summed E-state index contributed by atoms with van der Waals surface area (Å²) in [4.78, 5) is 36.0. The van der Waals surface area contributed by atoms with Crippen LogP contribution in [0.3, 0.4) is 0 Å². The van der Waals surface area contributed by atoms with E-state index in [4.69, 9.17) is 9.84 Å². The first-order chi connectivity index (χ1) is 15.5. The van der Waals surface area contributed by atoms with Crippen molar-refractivity contribution in [2.75, 3.05) is 11.9 Å². The summed E-state index contributed by atoms with van der Waals surface area (Å²) in [5.41, 5.74) is 4.37. The number of amides is 2. The Bertz CT molecular complexity index is 1090. The summed E-state index contributed by atoms with van der Waals surface area (Å²) >= 11 is 1.17. The molecule has 164 valence electrons. The molecule has 3 aromatic rings. The zero-order valence-corrected chi connectivity index (χ0v) is 17.8. The number of aliphatic carboxylic acids is 1. The van der Waals surface area contributed by atoms with Crippen LogP contribution >= 0.6 is 11.5 Å². The second-order valence-corrected chi connectivity index (χ2v) is 7.99. The summed E-state index contributed by atoms with van der Waals surface area (Å²) < 4.78 is 9.47. The van der Waals surface area contributed by atoms with Gasteiger partial charge in [-0.15, -0.1) is 0 Å². The van der Waals surface area contributed by atoms with Crippen LogP contribution in [0.5, 0.6) is 0 Å². The van der Waals surface area contributed by atoms with E-state index < -0.39 is 24.0 Å². The van der Waals surface area contributed by atoms with Gasteiger partial charge in [0.15, 0.2) is 0 Å². The van der Waals surface area contributed by atoms with E-state index in [0.29, 0.717) is 5.82 Å². The third-order valence-electron chi connectivity index (χ3n) is 5.29. The Balaban J connectivity index is 1.42. The topological polar surface area (TPSA) is 118 Å². The fraction of sp³-hybridized carbons (Fsp3) is 0.217. The van der Waals surface area contributed by atoms with Gasteiger partial charge in [-0.25, -0.2) is 4.79 Å². The number of ether oxygens (including phenoxy) is 1. The number of rotatable bonds is 8. The van der Waals surface area contributed by atoms with Crippen LogP contribution in [0, 0.1) is 0 Å². The summed E-state index contributed by atoms with van der Waals surface area (Å²) in [7, 11) is 0. The van der Waals surface area contributed by atoms with Gasteiger partial charge in [0, 0.05) is 17.7 Å². The van der Waals surface area contributed by atoms with E-state index in [-0.39, 0.29) is 25.4 Å². The van der Waals surface area contributed by atoms with Gasteiger partial charge in [0.05, 0.1) is 0 Å². The van der Waals surface area contributed by atoms with Gasteiger partial charge in [-0.3, -0.25) is 9.59 Å². The van der Waals surface area contributed by atoms with Gasteiger partial charge in [0.2, 0.25) is 5.91 Å². The summed E-state index contributed by atoms with van der Waals surface area (Å²) in [5.74, 6) is -1.39. The molecule has 0 saturated heterocycles. The minimum absolute atomic E-state index is 0.0739. The van der Waals surface area contributed by atoms with E-state index in [1.807, 2.05) is 48.5 Å². The van der Waals surface area contributed by atoms with Gasteiger partial charge < -0.3 is 20.5 Å². The van der Waals surface area contributed by atoms with Crippen molar-refractivity contribution in [3.05, 3.63) is 71.1 Å². The molecular weight excluding hydrogens is 430 g/mol. The smallest absolute Gasteiger partial charge is 0.407 e. The van der Waals surface area contributed by atoms with Crippen molar-refractivity contribution in [3.63, 3.8) is 0 Å². The molecule has 1 atom stereocenters.